The lowest BCUT2D eigenvalue weighted by Crippen LogP contribution is -2.64. The highest BCUT2D eigenvalue weighted by Gasteiger charge is 2.47. The van der Waals surface area contributed by atoms with Gasteiger partial charge in [0.15, 0.2) is 0 Å². The number of likely N-dealkylation sites (N-methyl/N-ethyl adjacent to an activating group) is 7. The summed E-state index contributed by atoms with van der Waals surface area (Å²) < 4.78 is 0. The zero-order valence-corrected chi connectivity index (χ0v) is 67.4. The molecule has 6 N–H and O–H groups in total. The van der Waals surface area contributed by atoms with E-state index in [1.54, 1.807) is 54.5 Å². The van der Waals surface area contributed by atoms with Crippen molar-refractivity contribution in [3.8, 4) is 0 Å². The van der Waals surface area contributed by atoms with Crippen LogP contribution in [0.3, 0.4) is 0 Å². The van der Waals surface area contributed by atoms with Gasteiger partial charge in [-0.15, -0.1) is 0 Å². The molecule has 0 bridgehead atoms. The van der Waals surface area contributed by atoms with Crippen LogP contribution in [0, 0.1) is 41.4 Å². The molecule has 27 heteroatoms. The quantitative estimate of drug-likeness (QED) is 0.0619. The van der Waals surface area contributed by atoms with Crippen LogP contribution < -0.4 is 21.3 Å². The SMILES string of the molecule is C/C=C/C[C@@H](C)[C@@H](O)[C@H]1C(=O)N[C@@H](CC)C(=O)N(C)[C@H](CSCCCN2CCN(CC(C)C)CC2)C(=O)N(C)[C@@H](CC(C)(C)O)C(=O)N[C@@H](C(C)C)C(=O)N(C)[C@@H](CC(C)C)C(=O)N[C@@H](C)C(=O)N[C@H](C)C(=O)N(C)[C@@H](CC(C)C)C(=O)N(C)[C@@H](CC(C)C)C(=O)N(C)[C@@H](C(C)C)C(=O)N1C. The van der Waals surface area contributed by atoms with E-state index in [4.69, 9.17) is 0 Å². The minimum Gasteiger partial charge on any atom is -0.390 e. The van der Waals surface area contributed by atoms with Crippen molar-refractivity contribution >= 4 is 76.7 Å². The maximum atomic E-state index is 15.6. The molecule has 0 unspecified atom stereocenters. The first-order valence-corrected chi connectivity index (χ1v) is 38.1. The summed E-state index contributed by atoms with van der Waals surface area (Å²) in [4.78, 5) is 179. The van der Waals surface area contributed by atoms with Gasteiger partial charge in [-0.2, -0.15) is 11.8 Å². The normalized spacial score (nSPS) is 26.8. The van der Waals surface area contributed by atoms with Crippen LogP contribution in [0.2, 0.25) is 0 Å². The van der Waals surface area contributed by atoms with Gasteiger partial charge in [-0.05, 0) is 127 Å². The topological polar surface area (TPSA) is 306 Å². The minimum absolute atomic E-state index is 0.0231. The average molecular weight is 1450 g/mol. The van der Waals surface area contributed by atoms with Gasteiger partial charge in [-0.25, -0.2) is 0 Å². The molecule has 2 saturated heterocycles. The number of hydrogen-bond donors (Lipinski definition) is 6. The number of aliphatic hydroxyl groups excluding tert-OH is 1. The molecule has 0 aromatic heterocycles. The fourth-order valence-corrected chi connectivity index (χ4v) is 14.4. The summed E-state index contributed by atoms with van der Waals surface area (Å²) in [5.74, 6) is -9.04. The van der Waals surface area contributed by atoms with E-state index in [2.05, 4.69) is 44.9 Å². The molecule has 580 valence electrons. The van der Waals surface area contributed by atoms with Crippen LogP contribution >= 0.6 is 11.8 Å². The lowest BCUT2D eigenvalue weighted by molar-refractivity contribution is -0.157. The zero-order chi connectivity index (χ0) is 77.6. The highest BCUT2D eigenvalue weighted by atomic mass is 32.2. The molecule has 11 amide bonds. The molecule has 0 radical (unpaired) electrons. The number of carbonyl (C=O) groups excluding carboxylic acids is 11. The highest BCUT2D eigenvalue weighted by molar-refractivity contribution is 7.99. The van der Waals surface area contributed by atoms with Gasteiger partial charge in [-0.3, -0.25) is 52.7 Å². The molecular formula is C74H135N13O13S. The van der Waals surface area contributed by atoms with Gasteiger partial charge in [0.25, 0.3) is 0 Å². The lowest BCUT2D eigenvalue weighted by atomic mass is 9.91. The molecule has 2 rings (SSSR count). The zero-order valence-electron chi connectivity index (χ0n) is 66.5. The molecule has 2 fully saturated rings. The second kappa shape index (κ2) is 42.2. The number of hydrogen-bond acceptors (Lipinski definition) is 16. The molecule has 0 spiro atoms. The van der Waals surface area contributed by atoms with Crippen LogP contribution in [0.15, 0.2) is 12.2 Å². The third-order valence-electron chi connectivity index (χ3n) is 19.5. The second-order valence-electron chi connectivity index (χ2n) is 31.7. The van der Waals surface area contributed by atoms with Gasteiger partial charge >= 0.3 is 0 Å². The Hall–Kier alpha value is -5.90. The van der Waals surface area contributed by atoms with Crippen molar-refractivity contribution in [1.82, 2.24) is 65.4 Å². The van der Waals surface area contributed by atoms with Crippen LogP contribution in [0.1, 0.15) is 176 Å². The van der Waals surface area contributed by atoms with Crippen LogP contribution in [-0.2, 0) is 52.7 Å². The summed E-state index contributed by atoms with van der Waals surface area (Å²) in [5.41, 5.74) is -1.59. The standard InChI is InChI=1S/C74H135N13O13S/c1-27-29-31-50(15)62(88)61-66(92)77-53(28-2)68(94)83(24)58(43-101-37-30-32-86-33-35-87(36-34-86)42-47(9)10)71(97)82(23)57(41-74(18,19)100)65(91)78-59(48(11)12)72(98)79(20)54(38-44(3)4)64(90)75-51(16)63(89)76-52(17)67(93)80(21)55(39-45(5)6)69(95)81(22)56(40-46(7)8)70(96)84(25)60(49(13)14)73(99)85(61)26/h27,29,44-62,88,100H,28,30-43H2,1-26H3,(H,75,90)(H,76,89)(H,77,92)(H,78,91)/b29-27+/t50-,51+,52-,53+,54+,55+,56+,57+,58-,59+,60+,61+,62-/m1/s1. The number of rotatable bonds is 23. The number of amides is 11. The van der Waals surface area contributed by atoms with E-state index in [0.717, 1.165) is 50.6 Å². The van der Waals surface area contributed by atoms with Crippen molar-refractivity contribution in [2.24, 2.45) is 41.4 Å². The van der Waals surface area contributed by atoms with Gasteiger partial charge in [0, 0.05) is 94.2 Å². The smallest absolute Gasteiger partial charge is 0.246 e. The van der Waals surface area contributed by atoms with Gasteiger partial charge in [0.1, 0.15) is 66.5 Å². The summed E-state index contributed by atoms with van der Waals surface area (Å²) in [7, 11) is 9.96. The van der Waals surface area contributed by atoms with Crippen molar-refractivity contribution in [2.45, 2.75) is 255 Å². The Morgan fingerprint density at radius 2 is 0.941 bits per heavy atom. The number of nitrogens with zero attached hydrogens (tertiary/aromatic N) is 9. The Labute approximate surface area is 610 Å². The van der Waals surface area contributed by atoms with E-state index in [1.807, 2.05) is 47.6 Å². The predicted octanol–water partition coefficient (Wildman–Crippen LogP) is 4.15. The molecule has 2 aliphatic rings. The molecule has 26 nitrogen and oxygen atoms in total. The van der Waals surface area contributed by atoms with Crippen molar-refractivity contribution < 1.29 is 63.0 Å². The van der Waals surface area contributed by atoms with E-state index in [-0.39, 0.29) is 62.0 Å². The maximum absolute atomic E-state index is 15.6. The number of piperazine rings is 1. The van der Waals surface area contributed by atoms with Crippen molar-refractivity contribution in [3.05, 3.63) is 12.2 Å². The molecule has 2 aliphatic heterocycles. The molecule has 0 aromatic rings. The molecule has 0 aliphatic carbocycles. The molecule has 101 heavy (non-hydrogen) atoms. The molecule has 0 saturated carbocycles. The molecular weight excluding hydrogens is 1310 g/mol. The number of thioether (sulfide) groups is 1. The Bertz CT molecular complexity index is 2750. The first-order valence-electron chi connectivity index (χ1n) is 36.9. The third kappa shape index (κ3) is 27.3. The van der Waals surface area contributed by atoms with E-state index < -0.39 is 161 Å². The Morgan fingerprint density at radius 3 is 1.43 bits per heavy atom. The Balaban J connectivity index is 3.09. The summed E-state index contributed by atoms with van der Waals surface area (Å²) in [6.07, 6.45) is 3.14. The Kier molecular flexibility index (Phi) is 38.1. The van der Waals surface area contributed by atoms with E-state index in [0.29, 0.717) is 11.7 Å². The third-order valence-corrected chi connectivity index (χ3v) is 20.6. The Morgan fingerprint density at radius 1 is 0.495 bits per heavy atom. The van der Waals surface area contributed by atoms with Crippen LogP contribution in [-0.4, -0.2) is 298 Å². The predicted molar refractivity (Wildman–Crippen MR) is 398 cm³/mol. The van der Waals surface area contributed by atoms with E-state index in [1.165, 1.54) is 118 Å². The van der Waals surface area contributed by atoms with Gasteiger partial charge in [0.05, 0.1) is 11.7 Å². The van der Waals surface area contributed by atoms with Gasteiger partial charge in [0.2, 0.25) is 65.0 Å². The minimum atomic E-state index is -1.66. The first kappa shape index (κ1) is 91.2. The first-order chi connectivity index (χ1) is 46.8. The summed E-state index contributed by atoms with van der Waals surface area (Å²) in [6, 6.07) is -14.4. The van der Waals surface area contributed by atoms with Crippen molar-refractivity contribution in [2.75, 3.05) is 100 Å². The van der Waals surface area contributed by atoms with Gasteiger partial charge in [-0.1, -0.05) is 109 Å². The summed E-state index contributed by atoms with van der Waals surface area (Å²) in [5, 5.41) is 35.0. The summed E-state index contributed by atoms with van der Waals surface area (Å²) in [6.45, 7) is 39.1. The fourth-order valence-electron chi connectivity index (χ4n) is 13.3. The fraction of sp³-hybridized carbons (Fsp3) is 0.824. The second-order valence-corrected chi connectivity index (χ2v) is 32.8. The number of allylic oxidation sites excluding steroid dienone is 2. The highest BCUT2D eigenvalue weighted by Crippen LogP contribution is 2.27. The monoisotopic (exact) mass is 1450 g/mol. The summed E-state index contributed by atoms with van der Waals surface area (Å²) >= 11 is 1.44. The van der Waals surface area contributed by atoms with Crippen LogP contribution in [0.25, 0.3) is 0 Å². The van der Waals surface area contributed by atoms with Crippen molar-refractivity contribution in [1.29, 1.82) is 0 Å². The number of nitrogens with one attached hydrogen (secondary N) is 4. The van der Waals surface area contributed by atoms with Crippen LogP contribution in [0.4, 0.5) is 0 Å². The molecule has 0 aromatic carbocycles. The van der Waals surface area contributed by atoms with E-state index in [9.17, 15) is 29.4 Å². The number of aliphatic hydroxyl groups is 2. The van der Waals surface area contributed by atoms with Crippen molar-refractivity contribution in [3.63, 3.8) is 0 Å². The van der Waals surface area contributed by atoms with Crippen LogP contribution in [0.5, 0.6) is 0 Å². The maximum Gasteiger partial charge on any atom is 0.246 e. The number of carbonyl (C=O) groups is 11. The average Bonchev–Trinajstić information content (AvgIpc) is 0.805. The molecule has 13 atom stereocenters. The van der Waals surface area contributed by atoms with E-state index >= 15 is 33.6 Å². The largest absolute Gasteiger partial charge is 0.390 e. The lowest BCUT2D eigenvalue weighted by Gasteiger charge is -2.41. The van der Waals surface area contributed by atoms with Gasteiger partial charge < -0.3 is 75.6 Å². The molecule has 2 heterocycles.